The van der Waals surface area contributed by atoms with Crippen molar-refractivity contribution in [3.63, 3.8) is 0 Å². The second-order valence-electron chi connectivity index (χ2n) is 34.6. The van der Waals surface area contributed by atoms with Crippen LogP contribution in [0.2, 0.25) is 0 Å². The molecule has 101 heavy (non-hydrogen) atoms. The number of likely N-dealkylation sites (tertiary alicyclic amines) is 8. The lowest BCUT2D eigenvalue weighted by molar-refractivity contribution is -0.132. The molecule has 0 spiro atoms. The Morgan fingerprint density at radius 3 is 1.07 bits per heavy atom. The summed E-state index contributed by atoms with van der Waals surface area (Å²) in [6.45, 7) is 80.0. The molecule has 0 N–H and O–H groups in total. The van der Waals surface area contributed by atoms with Crippen molar-refractivity contribution in [2.45, 2.75) is 412 Å². The quantitative estimate of drug-likeness (QED) is 0.138. The molecule has 8 atom stereocenters. The van der Waals surface area contributed by atoms with Crippen molar-refractivity contribution in [1.29, 1.82) is 0 Å². The fourth-order valence-corrected chi connectivity index (χ4v) is 18.4. The lowest BCUT2D eigenvalue weighted by atomic mass is 10.1. The first kappa shape index (κ1) is 96.2. The Labute approximate surface area is 633 Å². The van der Waals surface area contributed by atoms with Crippen LogP contribution in [-0.4, -0.2) is 291 Å². The molecular formula is C85H175N11O4S. The van der Waals surface area contributed by atoms with Crippen LogP contribution >= 0.6 is 11.8 Å². The zero-order valence-electron chi connectivity index (χ0n) is 72.2. The molecule has 1 unspecified atom stereocenters. The van der Waals surface area contributed by atoms with Crippen molar-refractivity contribution in [1.82, 2.24) is 54.1 Å². The number of carbonyl (C=O) groups is 2. The molecule has 0 amide bonds. The van der Waals surface area contributed by atoms with E-state index in [1.54, 1.807) is 13.8 Å². The Kier molecular flexibility index (Phi) is 51.4. The lowest BCUT2D eigenvalue weighted by Crippen LogP contribution is -2.42. The predicted molar refractivity (Wildman–Crippen MR) is 441 cm³/mol. The summed E-state index contributed by atoms with van der Waals surface area (Å²) in [7, 11) is 0. The van der Waals surface area contributed by atoms with Crippen LogP contribution in [0.4, 0.5) is 0 Å². The maximum Gasteiger partial charge on any atom is 0.146 e. The molecule has 11 rings (SSSR count). The van der Waals surface area contributed by atoms with E-state index in [1.165, 1.54) is 180 Å². The molecule has 15 nitrogen and oxygen atoms in total. The van der Waals surface area contributed by atoms with Crippen molar-refractivity contribution in [2.75, 3.05) is 123 Å². The van der Waals surface area contributed by atoms with Gasteiger partial charge in [0.15, 0.2) is 0 Å². The number of ketones is 2. The van der Waals surface area contributed by atoms with E-state index in [0.29, 0.717) is 41.7 Å². The average Bonchev–Trinajstić information content (AvgIpc) is 1.72. The number of hydrogen-bond acceptors (Lipinski definition) is 16. The minimum absolute atomic E-state index is 0.218. The summed E-state index contributed by atoms with van der Waals surface area (Å²) in [6, 6.07) is 11.5. The molecule has 0 aromatic heterocycles. The van der Waals surface area contributed by atoms with Gasteiger partial charge in [0, 0.05) is 135 Å². The van der Waals surface area contributed by atoms with Crippen LogP contribution in [0.1, 0.15) is 309 Å². The van der Waals surface area contributed by atoms with Crippen LogP contribution in [0, 0.1) is 5.92 Å². The molecule has 11 aliphatic heterocycles. The minimum Gasteiger partial charge on any atom is -0.379 e. The lowest BCUT2D eigenvalue weighted by Gasteiger charge is -2.32. The van der Waals surface area contributed by atoms with Crippen LogP contribution in [0.5, 0.6) is 0 Å². The van der Waals surface area contributed by atoms with Gasteiger partial charge in [0.2, 0.25) is 0 Å². The van der Waals surface area contributed by atoms with Crippen LogP contribution < -0.4 is 0 Å². The molecule has 0 saturated carbocycles. The van der Waals surface area contributed by atoms with Gasteiger partial charge in [0.25, 0.3) is 0 Å². The molecule has 11 heterocycles. The number of rotatable bonds is 17. The second kappa shape index (κ2) is 53.9. The first-order valence-electron chi connectivity index (χ1n) is 42.9. The smallest absolute Gasteiger partial charge is 0.146 e. The van der Waals surface area contributed by atoms with Gasteiger partial charge in [-0.1, -0.05) is 27.7 Å². The van der Waals surface area contributed by atoms with E-state index < -0.39 is 0 Å². The summed E-state index contributed by atoms with van der Waals surface area (Å²) >= 11 is 2.04. The summed E-state index contributed by atoms with van der Waals surface area (Å²) in [5.41, 5.74) is 0. The second-order valence-corrected chi connectivity index (χ2v) is 35.6. The highest BCUT2D eigenvalue weighted by atomic mass is 32.2. The van der Waals surface area contributed by atoms with Gasteiger partial charge >= 0.3 is 0 Å². The Hall–Kier alpha value is -0.830. The molecule has 11 aliphatic rings. The van der Waals surface area contributed by atoms with Crippen LogP contribution in [0.3, 0.4) is 0 Å². The summed E-state index contributed by atoms with van der Waals surface area (Å²) in [4.78, 5) is 52.9. The van der Waals surface area contributed by atoms with Gasteiger partial charge in [0.05, 0.1) is 31.9 Å². The highest BCUT2D eigenvalue weighted by Crippen LogP contribution is 2.31. The molecule has 0 aliphatic carbocycles. The summed E-state index contributed by atoms with van der Waals surface area (Å²) in [6.07, 6.45) is 25.5. The number of ether oxygens (including phenoxy) is 1. The maximum atomic E-state index is 11.1. The highest BCUT2D eigenvalue weighted by molar-refractivity contribution is 7.99. The number of thioether (sulfide) groups is 1. The third-order valence-electron chi connectivity index (χ3n) is 23.4. The topological polar surface area (TPSA) is 88.2 Å². The fraction of sp³-hybridized carbons (Fsp3) is 0.976. The molecule has 0 bridgehead atoms. The van der Waals surface area contributed by atoms with E-state index in [2.05, 4.69) is 222 Å². The number of nitrogens with zero attached hydrogens (tertiary/aromatic N) is 11. The molecular weight excluding hydrogens is 1270 g/mol. The van der Waals surface area contributed by atoms with Crippen LogP contribution in [0.25, 0.3) is 0 Å². The van der Waals surface area contributed by atoms with E-state index in [4.69, 9.17) is 9.57 Å². The number of carbonyl (C=O) groups excluding carboxylic acids is 2. The zero-order chi connectivity index (χ0) is 75.9. The third kappa shape index (κ3) is 37.4. The molecule has 0 aromatic rings. The van der Waals surface area contributed by atoms with Crippen molar-refractivity contribution in [3.05, 3.63) is 0 Å². The largest absolute Gasteiger partial charge is 0.379 e. The van der Waals surface area contributed by atoms with Gasteiger partial charge in [-0.15, -0.1) is 11.8 Å². The predicted octanol–water partition coefficient (Wildman–Crippen LogP) is 16.9. The molecule has 600 valence electrons. The van der Waals surface area contributed by atoms with E-state index in [9.17, 15) is 9.59 Å². The van der Waals surface area contributed by atoms with Gasteiger partial charge in [-0.3, -0.25) is 53.6 Å². The summed E-state index contributed by atoms with van der Waals surface area (Å²) < 4.78 is 5.21. The molecule has 0 radical (unpaired) electrons. The number of hydroxylamine groups is 2. The van der Waals surface area contributed by atoms with Crippen molar-refractivity contribution in [3.8, 4) is 0 Å². The summed E-state index contributed by atoms with van der Waals surface area (Å²) in [5, 5.41) is 2.05. The summed E-state index contributed by atoms with van der Waals surface area (Å²) in [5.74, 6) is 3.95. The highest BCUT2D eigenvalue weighted by Gasteiger charge is 2.34. The van der Waals surface area contributed by atoms with Gasteiger partial charge < -0.3 is 14.5 Å². The van der Waals surface area contributed by atoms with Crippen LogP contribution in [0.15, 0.2) is 0 Å². The molecule has 11 saturated heterocycles. The van der Waals surface area contributed by atoms with Gasteiger partial charge in [0.1, 0.15) is 11.6 Å². The average molecular weight is 1450 g/mol. The Morgan fingerprint density at radius 1 is 0.386 bits per heavy atom. The number of hydrogen-bond donors (Lipinski definition) is 0. The van der Waals surface area contributed by atoms with Gasteiger partial charge in [-0.2, -0.15) is 5.06 Å². The van der Waals surface area contributed by atoms with Crippen molar-refractivity contribution < 1.29 is 19.2 Å². The molecule has 0 aromatic carbocycles. The first-order valence-corrected chi connectivity index (χ1v) is 44.0. The van der Waals surface area contributed by atoms with Crippen molar-refractivity contribution in [2.24, 2.45) is 5.92 Å². The van der Waals surface area contributed by atoms with E-state index in [-0.39, 0.29) is 12.1 Å². The number of morpholine rings is 1. The first-order chi connectivity index (χ1) is 47.8. The minimum atomic E-state index is 0.218. The Balaban J connectivity index is 0.000000383. The third-order valence-corrected chi connectivity index (χ3v) is 24.4. The SMILES string of the molecule is CC(=O)[C@@H]1CCCN1C(C)C.CC(=O)[C@@H]1CCCN1C(C)C.CC(C)N1CCCC1.CC(C)N1CCC[C@H]1C.CC(C)N1CCC[C@H]1CN1CCCC1.CC(C)N1CCOCC1.CC(C)N1CCSC1.CC1CON(C(C)C)C1.CC[C@@H]1CCCN1C(C)C.CC[C@@H]1CC[C@@H](CC)N1C(C)C. The number of Topliss-reactive ketones (excluding diaryl/α,β-unsaturated/α-hetero) is 2. The maximum absolute atomic E-state index is 11.1. The normalized spacial score (nSPS) is 27.6. The molecule has 11 fully saturated rings. The Morgan fingerprint density at radius 2 is 0.782 bits per heavy atom. The standard InChI is InChI=1S/C12H24N2.C11H23N.2C9H17NO.C9H19N.C8H17N.2C7H15NO.C7H15N.C6H13NS/c1-11(2)14-9-5-6-12(14)10-13-7-3-4-8-13;1-5-10-7-8-11(6-2)12(10)9(3)4;2*1-7(2)10-6-4-5-9(10)8(3)11;1-4-9-6-5-7-10(9)8(2)3;1-7(2)9-6-4-5-8(9)3;1-6(2)8-4-7(3)5-9-8;1-7(2)8-3-5-9-6-4-8;1-7(2)8-5-3-4-6-8;1-6(2)7-3-4-8-5-7/h11-12H,3-10H2,1-2H3;9-11H,5-8H2,1-4H3;2*7,9H,4-6H2,1-3H3;8-9H,4-7H2,1-3H3;7-8H,4-6H2,1-3H3;6-7H,4-5H2,1-3H3;7H,3-6H2,1-2H3;7H,3-6H2,1-2H3;6H,3-5H2,1-2H3/t12-;10-,11-;3*9-;8-;;;;/m010011..../s1. The zero-order valence-corrected chi connectivity index (χ0v) is 73.0. The monoisotopic (exact) mass is 1450 g/mol. The van der Waals surface area contributed by atoms with E-state index >= 15 is 0 Å². The molecule has 16 heteroatoms. The van der Waals surface area contributed by atoms with E-state index in [0.717, 1.165) is 132 Å². The fourth-order valence-electron chi connectivity index (χ4n) is 17.2. The van der Waals surface area contributed by atoms with Gasteiger partial charge in [-0.25, -0.2) is 0 Å². The van der Waals surface area contributed by atoms with E-state index in [1.807, 2.05) is 16.8 Å². The Bertz CT molecular complexity index is 1950. The van der Waals surface area contributed by atoms with Crippen molar-refractivity contribution >= 4 is 23.3 Å². The van der Waals surface area contributed by atoms with Crippen LogP contribution in [-0.2, 0) is 19.2 Å². The van der Waals surface area contributed by atoms with Gasteiger partial charge in [-0.05, 0) is 346 Å².